The van der Waals surface area contributed by atoms with Gasteiger partial charge in [-0.3, -0.25) is 9.68 Å². The van der Waals surface area contributed by atoms with E-state index in [4.69, 9.17) is 27.5 Å². The van der Waals surface area contributed by atoms with Crippen LogP contribution in [-0.2, 0) is 27.5 Å². The highest BCUT2D eigenvalue weighted by atomic mass is 28.4. The van der Waals surface area contributed by atoms with Crippen LogP contribution in [0.4, 0.5) is 0 Å². The standard InChI is InChI=1S/C12H29NO6Si/c1-6-11-14-13(15-12-7-2)19-20(16-8-3,17-9-4)18-10-5/h6-12H2,1-5H3. The minimum Gasteiger partial charge on any atom is -0.351 e. The molecule has 0 aliphatic heterocycles. The Morgan fingerprint density at radius 2 is 1.10 bits per heavy atom. The van der Waals surface area contributed by atoms with Crippen LogP contribution in [0.3, 0.4) is 0 Å². The van der Waals surface area contributed by atoms with Gasteiger partial charge in [-0.05, 0) is 33.6 Å². The number of hydrogen-bond acceptors (Lipinski definition) is 7. The largest absolute Gasteiger partial charge is 0.700 e. The van der Waals surface area contributed by atoms with E-state index >= 15 is 0 Å². The lowest BCUT2D eigenvalue weighted by molar-refractivity contribution is -0.509. The molecule has 0 amide bonds. The molecule has 0 atom stereocenters. The molecule has 0 bridgehead atoms. The molecule has 122 valence electrons. The van der Waals surface area contributed by atoms with E-state index in [-0.39, 0.29) is 0 Å². The number of rotatable bonds is 14. The summed E-state index contributed by atoms with van der Waals surface area (Å²) in [4.78, 5) is 10.7. The second-order valence-corrected chi connectivity index (χ2v) is 5.83. The summed E-state index contributed by atoms with van der Waals surface area (Å²) in [6.07, 6.45) is 1.67. The van der Waals surface area contributed by atoms with Crippen molar-refractivity contribution in [3.05, 3.63) is 0 Å². The third kappa shape index (κ3) is 8.27. The fourth-order valence-corrected chi connectivity index (χ4v) is 3.00. The first-order valence-electron chi connectivity index (χ1n) is 7.34. The van der Waals surface area contributed by atoms with Crippen molar-refractivity contribution in [2.24, 2.45) is 0 Å². The van der Waals surface area contributed by atoms with E-state index in [9.17, 15) is 0 Å². The van der Waals surface area contributed by atoms with Crippen molar-refractivity contribution in [2.45, 2.75) is 47.5 Å². The predicted octanol–water partition coefficient (Wildman–Crippen LogP) is 2.45. The molecule has 0 aliphatic carbocycles. The fraction of sp³-hybridized carbons (Fsp3) is 1.00. The van der Waals surface area contributed by atoms with Gasteiger partial charge in [0.2, 0.25) is 0 Å². The molecule has 0 aromatic rings. The molecule has 0 radical (unpaired) electrons. The molecule has 7 nitrogen and oxygen atoms in total. The van der Waals surface area contributed by atoms with Gasteiger partial charge in [0.25, 0.3) is 0 Å². The highest BCUT2D eigenvalue weighted by Gasteiger charge is 2.48. The topological polar surface area (TPSA) is 58.6 Å². The first-order valence-corrected chi connectivity index (χ1v) is 8.98. The monoisotopic (exact) mass is 311 g/mol. The summed E-state index contributed by atoms with van der Waals surface area (Å²) in [6.45, 7) is 11.8. The van der Waals surface area contributed by atoms with E-state index in [0.717, 1.165) is 18.2 Å². The quantitative estimate of drug-likeness (QED) is 0.361. The molecule has 0 unspecified atom stereocenters. The van der Waals surface area contributed by atoms with Crippen LogP contribution in [0.5, 0.6) is 0 Å². The van der Waals surface area contributed by atoms with Crippen molar-refractivity contribution in [1.82, 2.24) is 5.39 Å². The highest BCUT2D eigenvalue weighted by Crippen LogP contribution is 2.15. The summed E-state index contributed by atoms with van der Waals surface area (Å²) >= 11 is 0. The molecule has 0 aliphatic rings. The summed E-state index contributed by atoms with van der Waals surface area (Å²) < 4.78 is 22.3. The van der Waals surface area contributed by atoms with E-state index in [0.29, 0.717) is 33.0 Å². The predicted molar refractivity (Wildman–Crippen MR) is 76.0 cm³/mol. The Balaban J connectivity index is 4.71. The molecule has 0 heterocycles. The Hall–Kier alpha value is -0.0631. The zero-order chi connectivity index (χ0) is 15.3. The van der Waals surface area contributed by atoms with Crippen molar-refractivity contribution in [3.63, 3.8) is 0 Å². The molecule has 0 aromatic carbocycles. The van der Waals surface area contributed by atoms with Crippen LogP contribution in [0.2, 0.25) is 0 Å². The van der Waals surface area contributed by atoms with Crippen LogP contribution in [0, 0.1) is 0 Å². The average molecular weight is 311 g/mol. The maximum absolute atomic E-state index is 5.62. The lowest BCUT2D eigenvalue weighted by atomic mass is 10.5. The van der Waals surface area contributed by atoms with Gasteiger partial charge in [-0.25, -0.2) is 4.53 Å². The van der Waals surface area contributed by atoms with Gasteiger partial charge >= 0.3 is 9.05 Å². The second kappa shape index (κ2) is 12.7. The Morgan fingerprint density at radius 3 is 1.40 bits per heavy atom. The Labute approximate surface area is 123 Å². The van der Waals surface area contributed by atoms with Crippen LogP contribution in [0.25, 0.3) is 0 Å². The maximum Gasteiger partial charge on any atom is 0.700 e. The maximum atomic E-state index is 5.62. The summed E-state index contributed by atoms with van der Waals surface area (Å²) in [7, 11) is -3.28. The van der Waals surface area contributed by atoms with Gasteiger partial charge in [-0.15, -0.1) is 0 Å². The zero-order valence-corrected chi connectivity index (χ0v) is 14.3. The molecule has 0 saturated heterocycles. The number of hydrogen-bond donors (Lipinski definition) is 0. The molecule has 0 spiro atoms. The van der Waals surface area contributed by atoms with E-state index < -0.39 is 9.05 Å². The molecular formula is C12H29NO6Si. The van der Waals surface area contributed by atoms with Crippen molar-refractivity contribution in [1.29, 1.82) is 0 Å². The summed E-state index contributed by atoms with van der Waals surface area (Å²) in [6, 6.07) is 0. The van der Waals surface area contributed by atoms with Crippen molar-refractivity contribution in [2.75, 3.05) is 33.0 Å². The minimum atomic E-state index is -3.28. The van der Waals surface area contributed by atoms with Gasteiger partial charge in [-0.1, -0.05) is 13.8 Å². The third-order valence-electron chi connectivity index (χ3n) is 1.95. The lowest BCUT2D eigenvalue weighted by Crippen LogP contribution is -2.53. The second-order valence-electron chi connectivity index (χ2n) is 3.78. The molecular weight excluding hydrogens is 282 g/mol. The fourth-order valence-electron chi connectivity index (χ4n) is 1.25. The SMILES string of the molecule is CCCON(OCCC)O[Si](OCC)(OCC)OCC. The van der Waals surface area contributed by atoms with Crippen LogP contribution in [0.15, 0.2) is 0 Å². The van der Waals surface area contributed by atoms with Crippen LogP contribution < -0.4 is 0 Å². The van der Waals surface area contributed by atoms with Gasteiger partial charge < -0.3 is 13.3 Å². The Kier molecular flexibility index (Phi) is 12.6. The van der Waals surface area contributed by atoms with Gasteiger partial charge in [0, 0.05) is 19.8 Å². The molecule has 20 heavy (non-hydrogen) atoms. The van der Waals surface area contributed by atoms with Gasteiger partial charge in [0.1, 0.15) is 0 Å². The lowest BCUT2D eigenvalue weighted by Gasteiger charge is -2.30. The highest BCUT2D eigenvalue weighted by molar-refractivity contribution is 6.53. The van der Waals surface area contributed by atoms with Crippen LogP contribution in [0.1, 0.15) is 47.5 Å². The van der Waals surface area contributed by atoms with Gasteiger partial charge in [-0.2, -0.15) is 0 Å². The zero-order valence-electron chi connectivity index (χ0n) is 13.3. The van der Waals surface area contributed by atoms with Crippen LogP contribution >= 0.6 is 0 Å². The van der Waals surface area contributed by atoms with E-state index in [1.165, 1.54) is 0 Å². The van der Waals surface area contributed by atoms with Crippen molar-refractivity contribution >= 4 is 9.05 Å². The minimum absolute atomic E-state index is 0.418. The van der Waals surface area contributed by atoms with E-state index in [1.54, 1.807) is 0 Å². The van der Waals surface area contributed by atoms with Crippen molar-refractivity contribution in [3.8, 4) is 0 Å². The van der Waals surface area contributed by atoms with Gasteiger partial charge in [0.05, 0.1) is 18.6 Å². The van der Waals surface area contributed by atoms with Crippen molar-refractivity contribution < 1.29 is 27.5 Å². The first kappa shape index (κ1) is 19.9. The molecule has 0 N–H and O–H groups in total. The van der Waals surface area contributed by atoms with E-state index in [2.05, 4.69) is 0 Å². The Morgan fingerprint density at radius 1 is 0.700 bits per heavy atom. The molecule has 0 aromatic heterocycles. The normalized spacial score (nSPS) is 12.3. The first-order chi connectivity index (χ1) is 9.67. The van der Waals surface area contributed by atoms with Crippen LogP contribution in [-0.4, -0.2) is 47.5 Å². The molecule has 0 fully saturated rings. The summed E-state index contributed by atoms with van der Waals surface area (Å²) in [5.74, 6) is 0. The molecule has 8 heteroatoms. The molecule has 0 saturated carbocycles. The summed E-state index contributed by atoms with van der Waals surface area (Å²) in [5, 5.41) is 0.972. The summed E-state index contributed by atoms with van der Waals surface area (Å²) in [5.41, 5.74) is 0. The Bertz CT molecular complexity index is 197. The third-order valence-corrected chi connectivity index (χ3v) is 4.25. The number of nitrogens with zero attached hydrogens (tertiary/aromatic N) is 1. The average Bonchev–Trinajstić information content (AvgIpc) is 2.42. The van der Waals surface area contributed by atoms with E-state index in [1.807, 2.05) is 34.6 Å². The molecule has 0 rings (SSSR count). The van der Waals surface area contributed by atoms with Gasteiger partial charge in [0.15, 0.2) is 0 Å². The smallest absolute Gasteiger partial charge is 0.351 e.